The molecule has 0 aromatic heterocycles. The molecule has 0 bridgehead atoms. The van der Waals surface area contributed by atoms with Crippen LogP contribution in [-0.4, -0.2) is 39.7 Å². The minimum absolute atomic E-state index is 0.139. The first-order valence-corrected chi connectivity index (χ1v) is 8.25. The fraction of sp³-hybridized carbons (Fsp3) is 0.500. The van der Waals surface area contributed by atoms with E-state index in [0.717, 1.165) is 17.7 Å². The smallest absolute Gasteiger partial charge is 0.335 e. The highest BCUT2D eigenvalue weighted by atomic mass is 32.2. The summed E-state index contributed by atoms with van der Waals surface area (Å²) in [6.07, 6.45) is 3.31. The van der Waals surface area contributed by atoms with E-state index >= 15 is 0 Å². The van der Waals surface area contributed by atoms with E-state index in [9.17, 15) is 9.59 Å². The first-order valence-electron chi connectivity index (χ1n) is 7.26. The van der Waals surface area contributed by atoms with Crippen molar-refractivity contribution in [2.24, 2.45) is 0 Å². The minimum Gasteiger partial charge on any atom is -0.478 e. The second-order valence-electron chi connectivity index (χ2n) is 5.55. The van der Waals surface area contributed by atoms with Crippen molar-refractivity contribution in [1.29, 1.82) is 0 Å². The van der Waals surface area contributed by atoms with Gasteiger partial charge in [-0.3, -0.25) is 4.79 Å². The van der Waals surface area contributed by atoms with E-state index in [2.05, 4.69) is 13.8 Å². The van der Waals surface area contributed by atoms with Gasteiger partial charge >= 0.3 is 5.97 Å². The molecule has 0 aliphatic carbocycles. The normalized spacial score (nSPS) is 22.1. The molecule has 2 rings (SSSR count). The Labute approximate surface area is 129 Å². The average molecular weight is 307 g/mol. The summed E-state index contributed by atoms with van der Waals surface area (Å²) in [6, 6.07) is 7.32. The molecule has 1 fully saturated rings. The molecule has 2 unspecified atom stereocenters. The molecular formula is C16H21NO3S. The number of carboxylic acids is 1. The number of carbonyl (C=O) groups is 2. The van der Waals surface area contributed by atoms with E-state index in [1.165, 1.54) is 18.2 Å². The maximum atomic E-state index is 12.4. The highest BCUT2D eigenvalue weighted by molar-refractivity contribution is 8.00. The lowest BCUT2D eigenvalue weighted by Gasteiger charge is -2.39. The number of carboxylic acid groups (broad SMARTS) is 1. The third-order valence-electron chi connectivity index (χ3n) is 3.92. The third-order valence-corrected chi connectivity index (χ3v) is 4.90. The summed E-state index contributed by atoms with van der Waals surface area (Å²) in [4.78, 5) is 26.1. The highest BCUT2D eigenvalue weighted by Gasteiger charge is 2.28. The quantitative estimate of drug-likeness (QED) is 0.867. The van der Waals surface area contributed by atoms with E-state index in [0.29, 0.717) is 17.8 Å². The number of piperidine rings is 1. The number of aromatic carboxylic acids is 1. The summed E-state index contributed by atoms with van der Waals surface area (Å²) >= 11 is 1.40. The number of thioether (sulfide) groups is 1. The Morgan fingerprint density at radius 1 is 1.29 bits per heavy atom. The molecule has 1 aromatic carbocycles. The van der Waals surface area contributed by atoms with Gasteiger partial charge < -0.3 is 10.0 Å². The van der Waals surface area contributed by atoms with Gasteiger partial charge in [0.25, 0.3) is 0 Å². The van der Waals surface area contributed by atoms with Crippen molar-refractivity contribution in [3.05, 3.63) is 29.8 Å². The van der Waals surface area contributed by atoms with Crippen molar-refractivity contribution >= 4 is 23.6 Å². The molecule has 0 spiro atoms. The number of nitrogens with zero attached hydrogens (tertiary/aromatic N) is 1. The van der Waals surface area contributed by atoms with Crippen LogP contribution in [0.25, 0.3) is 0 Å². The SMILES string of the molecule is CC1CCCC(C)N1C(=O)CSc1cccc(C(=O)O)c1. The van der Waals surface area contributed by atoms with Crippen LogP contribution >= 0.6 is 11.8 Å². The lowest BCUT2D eigenvalue weighted by Crippen LogP contribution is -2.48. The molecule has 5 heteroatoms. The summed E-state index contributed by atoms with van der Waals surface area (Å²) in [7, 11) is 0. The number of rotatable bonds is 4. The van der Waals surface area contributed by atoms with Crippen molar-refractivity contribution < 1.29 is 14.7 Å². The molecule has 0 radical (unpaired) electrons. The van der Waals surface area contributed by atoms with Gasteiger partial charge in [-0.25, -0.2) is 4.79 Å². The molecule has 4 nitrogen and oxygen atoms in total. The molecule has 21 heavy (non-hydrogen) atoms. The van der Waals surface area contributed by atoms with Gasteiger partial charge in [0.05, 0.1) is 11.3 Å². The summed E-state index contributed by atoms with van der Waals surface area (Å²) in [5.74, 6) is -0.444. The minimum atomic E-state index is -0.943. The van der Waals surface area contributed by atoms with Crippen LogP contribution in [-0.2, 0) is 4.79 Å². The fourth-order valence-corrected chi connectivity index (χ4v) is 3.68. The zero-order valence-corrected chi connectivity index (χ0v) is 13.2. The average Bonchev–Trinajstić information content (AvgIpc) is 2.45. The van der Waals surface area contributed by atoms with Gasteiger partial charge in [-0.1, -0.05) is 6.07 Å². The molecule has 1 aliphatic rings. The molecule has 1 saturated heterocycles. The summed E-state index contributed by atoms with van der Waals surface area (Å²) < 4.78 is 0. The maximum Gasteiger partial charge on any atom is 0.335 e. The summed E-state index contributed by atoms with van der Waals surface area (Å²) in [5.41, 5.74) is 0.257. The van der Waals surface area contributed by atoms with E-state index in [4.69, 9.17) is 5.11 Å². The van der Waals surface area contributed by atoms with Crippen LogP contribution in [0.4, 0.5) is 0 Å². The van der Waals surface area contributed by atoms with Gasteiger partial charge in [0.2, 0.25) is 5.91 Å². The van der Waals surface area contributed by atoms with Crippen molar-refractivity contribution in [3.8, 4) is 0 Å². The summed E-state index contributed by atoms with van der Waals surface area (Å²) in [5, 5.41) is 8.98. The fourth-order valence-electron chi connectivity index (χ4n) is 2.85. The lowest BCUT2D eigenvalue weighted by atomic mass is 9.98. The maximum absolute atomic E-state index is 12.4. The Balaban J connectivity index is 1.97. The summed E-state index contributed by atoms with van der Waals surface area (Å²) in [6.45, 7) is 4.20. The number of hydrogen-bond donors (Lipinski definition) is 1. The number of benzene rings is 1. The Hall–Kier alpha value is -1.49. The standard InChI is InChI=1S/C16H21NO3S/c1-11-5-3-6-12(2)17(11)15(18)10-21-14-8-4-7-13(9-14)16(19)20/h4,7-9,11-12H,3,5-6,10H2,1-2H3,(H,19,20). The predicted molar refractivity (Wildman–Crippen MR) is 83.7 cm³/mol. The first-order chi connectivity index (χ1) is 9.99. The first kappa shape index (κ1) is 15.9. The van der Waals surface area contributed by atoms with E-state index in [1.807, 2.05) is 11.0 Å². The molecule has 1 aromatic rings. The predicted octanol–water partition coefficient (Wildman–Crippen LogP) is 3.27. The van der Waals surface area contributed by atoms with E-state index in [1.54, 1.807) is 18.2 Å². The second kappa shape index (κ2) is 6.98. The molecule has 114 valence electrons. The number of carbonyl (C=O) groups excluding carboxylic acids is 1. The van der Waals surface area contributed by atoms with Gasteiger partial charge in [-0.05, 0) is 51.3 Å². The van der Waals surface area contributed by atoms with Crippen LogP contribution in [0.3, 0.4) is 0 Å². The molecule has 0 saturated carbocycles. The third kappa shape index (κ3) is 4.00. The Morgan fingerprint density at radius 3 is 2.57 bits per heavy atom. The van der Waals surface area contributed by atoms with Gasteiger partial charge in [-0.15, -0.1) is 11.8 Å². The molecular weight excluding hydrogens is 286 g/mol. The van der Waals surface area contributed by atoms with Crippen molar-refractivity contribution in [2.45, 2.75) is 50.1 Å². The van der Waals surface area contributed by atoms with Gasteiger partial charge in [0.1, 0.15) is 0 Å². The topological polar surface area (TPSA) is 57.6 Å². The van der Waals surface area contributed by atoms with Crippen molar-refractivity contribution in [3.63, 3.8) is 0 Å². The molecule has 1 heterocycles. The largest absolute Gasteiger partial charge is 0.478 e. The van der Waals surface area contributed by atoms with Gasteiger partial charge in [0, 0.05) is 17.0 Å². The Bertz CT molecular complexity index is 522. The van der Waals surface area contributed by atoms with Gasteiger partial charge in [-0.2, -0.15) is 0 Å². The van der Waals surface area contributed by atoms with Crippen LogP contribution in [0.5, 0.6) is 0 Å². The van der Waals surface area contributed by atoms with Crippen molar-refractivity contribution in [1.82, 2.24) is 4.90 Å². The van der Waals surface area contributed by atoms with E-state index < -0.39 is 5.97 Å². The van der Waals surface area contributed by atoms with Crippen LogP contribution in [0.1, 0.15) is 43.5 Å². The Morgan fingerprint density at radius 2 is 1.95 bits per heavy atom. The van der Waals surface area contributed by atoms with Gasteiger partial charge in [0.15, 0.2) is 0 Å². The van der Waals surface area contributed by atoms with Crippen LogP contribution in [0, 0.1) is 0 Å². The van der Waals surface area contributed by atoms with Crippen LogP contribution in [0.2, 0.25) is 0 Å². The molecule has 1 amide bonds. The highest BCUT2D eigenvalue weighted by Crippen LogP contribution is 2.25. The molecule has 1 N–H and O–H groups in total. The molecule has 1 aliphatic heterocycles. The number of likely N-dealkylation sites (tertiary alicyclic amines) is 1. The van der Waals surface area contributed by atoms with Crippen molar-refractivity contribution in [2.75, 3.05) is 5.75 Å². The second-order valence-corrected chi connectivity index (χ2v) is 6.60. The van der Waals surface area contributed by atoms with E-state index in [-0.39, 0.29) is 11.5 Å². The zero-order chi connectivity index (χ0) is 15.4. The lowest BCUT2D eigenvalue weighted by molar-refractivity contribution is -0.134. The molecule has 2 atom stereocenters. The number of amides is 1. The van der Waals surface area contributed by atoms with Crippen LogP contribution in [0.15, 0.2) is 29.2 Å². The number of hydrogen-bond acceptors (Lipinski definition) is 3. The van der Waals surface area contributed by atoms with Crippen LogP contribution < -0.4 is 0 Å². The zero-order valence-electron chi connectivity index (χ0n) is 12.4. The monoisotopic (exact) mass is 307 g/mol. The Kier molecular flexibility index (Phi) is 5.28.